The van der Waals surface area contributed by atoms with Gasteiger partial charge in [0.2, 0.25) is 0 Å². The molecule has 0 saturated heterocycles. The summed E-state index contributed by atoms with van der Waals surface area (Å²) in [6.07, 6.45) is 0. The lowest BCUT2D eigenvalue weighted by atomic mass is 10.0. The third-order valence-corrected chi connectivity index (χ3v) is 2.60. The van der Waals surface area contributed by atoms with Crippen molar-refractivity contribution in [3.05, 3.63) is 41.7 Å². The molecule has 18 heavy (non-hydrogen) atoms. The zero-order chi connectivity index (χ0) is 13.3. The van der Waals surface area contributed by atoms with Crippen LogP contribution in [0.25, 0.3) is 10.8 Å². The van der Waals surface area contributed by atoms with E-state index in [0.717, 1.165) is 0 Å². The lowest BCUT2D eigenvalue weighted by Gasteiger charge is -2.10. The van der Waals surface area contributed by atoms with Gasteiger partial charge in [0, 0.05) is 22.4 Å². The molecule has 0 fully saturated rings. The van der Waals surface area contributed by atoms with Crippen molar-refractivity contribution in [1.29, 1.82) is 0 Å². The first-order valence-corrected chi connectivity index (χ1v) is 5.71. The number of phenols is 1. The van der Waals surface area contributed by atoms with E-state index in [-0.39, 0.29) is 28.6 Å². The van der Waals surface area contributed by atoms with E-state index in [1.54, 1.807) is 6.07 Å². The van der Waals surface area contributed by atoms with Gasteiger partial charge in [0.15, 0.2) is 0 Å². The molecule has 0 aromatic heterocycles. The Morgan fingerprint density at radius 3 is 2.67 bits per heavy atom. The number of hydrogen-bond donors (Lipinski definition) is 2. The summed E-state index contributed by atoms with van der Waals surface area (Å²) in [5.41, 5.74) is 0.249. The minimum atomic E-state index is -0.456. The number of hydrogen-bond acceptors (Lipinski definition) is 2. The molecule has 94 valence electrons. The van der Waals surface area contributed by atoms with E-state index in [9.17, 15) is 14.3 Å². The van der Waals surface area contributed by atoms with Crippen LogP contribution in [0.4, 0.5) is 4.39 Å². The second-order valence-electron chi connectivity index (χ2n) is 4.46. The molecule has 0 unspecified atom stereocenters. The van der Waals surface area contributed by atoms with E-state index < -0.39 is 5.82 Å². The first kappa shape index (κ1) is 12.4. The van der Waals surface area contributed by atoms with Crippen LogP contribution in [0.2, 0.25) is 0 Å². The van der Waals surface area contributed by atoms with E-state index in [2.05, 4.69) is 5.32 Å². The van der Waals surface area contributed by atoms with Gasteiger partial charge >= 0.3 is 0 Å². The molecule has 2 aromatic carbocycles. The summed E-state index contributed by atoms with van der Waals surface area (Å²) in [6, 6.07) is 7.20. The molecule has 0 bridgehead atoms. The molecule has 4 heteroatoms. The Labute approximate surface area is 104 Å². The van der Waals surface area contributed by atoms with Gasteiger partial charge in [-0.15, -0.1) is 0 Å². The highest BCUT2D eigenvalue weighted by Crippen LogP contribution is 2.28. The van der Waals surface area contributed by atoms with Crippen molar-refractivity contribution in [3.8, 4) is 5.75 Å². The van der Waals surface area contributed by atoms with Crippen LogP contribution in [-0.4, -0.2) is 17.1 Å². The number of aromatic hydroxyl groups is 1. The number of benzene rings is 2. The number of phenolic OH excluding ortho intramolecular Hbond substituents is 1. The summed E-state index contributed by atoms with van der Waals surface area (Å²) in [6.45, 7) is 3.67. The highest BCUT2D eigenvalue weighted by Gasteiger charge is 2.12. The molecule has 0 heterocycles. The minimum absolute atomic E-state index is 0.0176. The molecule has 3 nitrogen and oxygen atoms in total. The maximum Gasteiger partial charge on any atom is 0.251 e. The Hall–Kier alpha value is -2.10. The molecule has 0 aliphatic carbocycles. The van der Waals surface area contributed by atoms with Crippen LogP contribution in [0.15, 0.2) is 30.3 Å². The van der Waals surface area contributed by atoms with Crippen molar-refractivity contribution in [2.75, 3.05) is 0 Å². The average molecular weight is 247 g/mol. The molecular weight excluding hydrogens is 233 g/mol. The van der Waals surface area contributed by atoms with Gasteiger partial charge in [0.05, 0.1) is 0 Å². The number of nitrogens with one attached hydrogen (secondary N) is 1. The Morgan fingerprint density at radius 2 is 2.00 bits per heavy atom. The maximum atomic E-state index is 13.6. The van der Waals surface area contributed by atoms with Crippen molar-refractivity contribution in [2.24, 2.45) is 0 Å². The van der Waals surface area contributed by atoms with Crippen LogP contribution >= 0.6 is 0 Å². The number of rotatable bonds is 2. The molecule has 0 aliphatic rings. The monoisotopic (exact) mass is 247 g/mol. The number of halogens is 1. The minimum Gasteiger partial charge on any atom is -0.507 e. The van der Waals surface area contributed by atoms with Gasteiger partial charge in [-0.2, -0.15) is 0 Å². The molecule has 2 aromatic rings. The van der Waals surface area contributed by atoms with Gasteiger partial charge < -0.3 is 10.4 Å². The van der Waals surface area contributed by atoms with Crippen molar-refractivity contribution < 1.29 is 14.3 Å². The number of carbonyl (C=O) groups is 1. The summed E-state index contributed by atoms with van der Waals surface area (Å²) in [5.74, 6) is -0.881. The molecule has 1 amide bonds. The third-order valence-electron chi connectivity index (χ3n) is 2.60. The zero-order valence-corrected chi connectivity index (χ0v) is 10.2. The topological polar surface area (TPSA) is 49.3 Å². The van der Waals surface area contributed by atoms with Crippen molar-refractivity contribution in [3.63, 3.8) is 0 Å². The fourth-order valence-electron chi connectivity index (χ4n) is 1.81. The predicted octanol–water partition coefficient (Wildman–Crippen LogP) is 2.82. The van der Waals surface area contributed by atoms with Gasteiger partial charge in [-0.05, 0) is 32.0 Å². The molecular formula is C14H14FNO2. The van der Waals surface area contributed by atoms with E-state index in [1.165, 1.54) is 24.3 Å². The molecule has 0 saturated carbocycles. The standard InChI is InChI=1S/C14H14FNO2/c1-8(2)16-14(18)9-6-11-10(13(17)7-9)4-3-5-12(11)15/h3-8,17H,1-2H3,(H,16,18). The van der Waals surface area contributed by atoms with E-state index in [1.807, 2.05) is 13.8 Å². The quantitative estimate of drug-likeness (QED) is 0.857. The highest BCUT2D eigenvalue weighted by atomic mass is 19.1. The highest BCUT2D eigenvalue weighted by molar-refractivity contribution is 6.01. The lowest BCUT2D eigenvalue weighted by molar-refractivity contribution is 0.0943. The van der Waals surface area contributed by atoms with Gasteiger partial charge in [-0.3, -0.25) is 4.79 Å². The molecule has 2 rings (SSSR count). The van der Waals surface area contributed by atoms with Crippen molar-refractivity contribution in [2.45, 2.75) is 19.9 Å². The van der Waals surface area contributed by atoms with E-state index >= 15 is 0 Å². The third kappa shape index (κ3) is 2.27. The van der Waals surface area contributed by atoms with Crippen LogP contribution in [0.5, 0.6) is 5.75 Å². The number of carbonyl (C=O) groups excluding carboxylic acids is 1. The van der Waals surface area contributed by atoms with E-state index in [0.29, 0.717) is 5.39 Å². The average Bonchev–Trinajstić information content (AvgIpc) is 2.29. The first-order valence-electron chi connectivity index (χ1n) is 5.71. The van der Waals surface area contributed by atoms with Crippen LogP contribution in [0.1, 0.15) is 24.2 Å². The summed E-state index contributed by atoms with van der Waals surface area (Å²) >= 11 is 0. The van der Waals surface area contributed by atoms with Crippen LogP contribution < -0.4 is 5.32 Å². The first-order chi connectivity index (χ1) is 8.49. The van der Waals surface area contributed by atoms with Crippen LogP contribution in [0, 0.1) is 5.82 Å². The lowest BCUT2D eigenvalue weighted by Crippen LogP contribution is -2.30. The Bertz CT molecular complexity index is 608. The number of fused-ring (bicyclic) bond motifs is 1. The molecule has 0 atom stereocenters. The van der Waals surface area contributed by atoms with Crippen molar-refractivity contribution in [1.82, 2.24) is 5.32 Å². The van der Waals surface area contributed by atoms with Gasteiger partial charge in [-0.25, -0.2) is 4.39 Å². The second kappa shape index (κ2) is 4.64. The second-order valence-corrected chi connectivity index (χ2v) is 4.46. The normalized spacial score (nSPS) is 10.9. The smallest absolute Gasteiger partial charge is 0.251 e. The Balaban J connectivity index is 2.55. The fourth-order valence-corrected chi connectivity index (χ4v) is 1.81. The van der Waals surface area contributed by atoms with Crippen LogP contribution in [0.3, 0.4) is 0 Å². The summed E-state index contributed by atoms with van der Waals surface area (Å²) in [5, 5.41) is 13.2. The van der Waals surface area contributed by atoms with E-state index in [4.69, 9.17) is 0 Å². The van der Waals surface area contributed by atoms with Crippen molar-refractivity contribution >= 4 is 16.7 Å². The maximum absolute atomic E-state index is 13.6. The summed E-state index contributed by atoms with van der Waals surface area (Å²) in [4.78, 5) is 11.8. The van der Waals surface area contributed by atoms with Gasteiger partial charge in [0.1, 0.15) is 11.6 Å². The molecule has 0 aliphatic heterocycles. The van der Waals surface area contributed by atoms with Gasteiger partial charge in [-0.1, -0.05) is 12.1 Å². The van der Waals surface area contributed by atoms with Crippen LogP contribution in [-0.2, 0) is 0 Å². The largest absolute Gasteiger partial charge is 0.507 e. The number of amides is 1. The zero-order valence-electron chi connectivity index (χ0n) is 10.2. The summed E-state index contributed by atoms with van der Waals surface area (Å²) < 4.78 is 13.6. The fraction of sp³-hybridized carbons (Fsp3) is 0.214. The van der Waals surface area contributed by atoms with Gasteiger partial charge in [0.25, 0.3) is 5.91 Å². The Morgan fingerprint density at radius 1 is 1.28 bits per heavy atom. The molecule has 0 radical (unpaired) electrons. The SMILES string of the molecule is CC(C)NC(=O)c1cc(O)c2cccc(F)c2c1. The predicted molar refractivity (Wildman–Crippen MR) is 68.2 cm³/mol. The molecule has 0 spiro atoms. The Kier molecular flexibility index (Phi) is 3.19. The summed E-state index contributed by atoms with van der Waals surface area (Å²) in [7, 11) is 0. The molecule has 2 N–H and O–H groups in total.